The molecule has 0 radical (unpaired) electrons. The lowest BCUT2D eigenvalue weighted by Crippen LogP contribution is -2.28. The highest BCUT2D eigenvalue weighted by Crippen LogP contribution is 2.28. The van der Waals surface area contributed by atoms with Crippen LogP contribution in [0.25, 0.3) is 0 Å². The number of aryl methyl sites for hydroxylation is 1. The number of hydrogen-bond donors (Lipinski definition) is 2. The fraction of sp³-hybridized carbons (Fsp3) is 0.192. The van der Waals surface area contributed by atoms with Gasteiger partial charge in [0.25, 0.3) is 5.91 Å². The number of carbonyl (C=O) groups excluding carboxylic acids is 3. The van der Waals surface area contributed by atoms with E-state index in [1.807, 2.05) is 44.2 Å². The molecule has 1 fully saturated rings. The Morgan fingerprint density at radius 1 is 0.844 bits per heavy atom. The molecular formula is C26H25N3O3. The van der Waals surface area contributed by atoms with Crippen LogP contribution in [0.1, 0.15) is 27.9 Å². The summed E-state index contributed by atoms with van der Waals surface area (Å²) in [6, 6.07) is 22.0. The predicted octanol–water partition coefficient (Wildman–Crippen LogP) is 4.55. The molecule has 0 saturated carbocycles. The van der Waals surface area contributed by atoms with Crippen LogP contribution < -0.4 is 15.5 Å². The average molecular weight is 428 g/mol. The van der Waals surface area contributed by atoms with E-state index in [4.69, 9.17) is 0 Å². The van der Waals surface area contributed by atoms with Crippen molar-refractivity contribution in [1.82, 2.24) is 0 Å². The lowest BCUT2D eigenvalue weighted by molar-refractivity contribution is -0.122. The molecule has 0 bridgehead atoms. The molecule has 6 heteroatoms. The van der Waals surface area contributed by atoms with Crippen molar-refractivity contribution < 1.29 is 14.4 Å². The van der Waals surface area contributed by atoms with Crippen molar-refractivity contribution in [3.8, 4) is 0 Å². The van der Waals surface area contributed by atoms with Crippen molar-refractivity contribution in [2.45, 2.75) is 20.3 Å². The normalized spacial score (nSPS) is 15.5. The maximum Gasteiger partial charge on any atom is 0.255 e. The highest BCUT2D eigenvalue weighted by molar-refractivity contribution is 6.06. The second-order valence-electron chi connectivity index (χ2n) is 8.03. The zero-order chi connectivity index (χ0) is 22.7. The minimum absolute atomic E-state index is 0.0606. The summed E-state index contributed by atoms with van der Waals surface area (Å²) in [5.74, 6) is -0.921. The fourth-order valence-electron chi connectivity index (χ4n) is 3.78. The molecule has 1 atom stereocenters. The number of nitrogens with one attached hydrogen (secondary N) is 2. The van der Waals surface area contributed by atoms with Gasteiger partial charge in [-0.25, -0.2) is 0 Å². The van der Waals surface area contributed by atoms with Crippen LogP contribution >= 0.6 is 0 Å². The van der Waals surface area contributed by atoms with Gasteiger partial charge in [0.1, 0.15) is 0 Å². The third-order valence-electron chi connectivity index (χ3n) is 5.72. The molecular weight excluding hydrogens is 402 g/mol. The fourth-order valence-corrected chi connectivity index (χ4v) is 3.78. The monoisotopic (exact) mass is 427 g/mol. The van der Waals surface area contributed by atoms with Gasteiger partial charge in [0.15, 0.2) is 0 Å². The molecule has 1 aliphatic rings. The Bertz CT molecular complexity index is 1160. The smallest absolute Gasteiger partial charge is 0.255 e. The second kappa shape index (κ2) is 9.06. The van der Waals surface area contributed by atoms with E-state index in [-0.39, 0.29) is 24.1 Å². The van der Waals surface area contributed by atoms with E-state index >= 15 is 0 Å². The first-order valence-electron chi connectivity index (χ1n) is 10.6. The molecule has 0 aliphatic carbocycles. The van der Waals surface area contributed by atoms with Crippen LogP contribution in [0, 0.1) is 19.8 Å². The zero-order valence-electron chi connectivity index (χ0n) is 18.1. The first-order chi connectivity index (χ1) is 15.4. The van der Waals surface area contributed by atoms with Crippen LogP contribution in [0.2, 0.25) is 0 Å². The van der Waals surface area contributed by atoms with Crippen molar-refractivity contribution in [3.63, 3.8) is 0 Å². The van der Waals surface area contributed by atoms with Gasteiger partial charge in [0.05, 0.1) is 5.92 Å². The van der Waals surface area contributed by atoms with Gasteiger partial charge in [-0.2, -0.15) is 0 Å². The van der Waals surface area contributed by atoms with Crippen molar-refractivity contribution in [2.24, 2.45) is 5.92 Å². The van der Waals surface area contributed by atoms with Crippen LogP contribution in [0.4, 0.5) is 17.1 Å². The van der Waals surface area contributed by atoms with E-state index < -0.39 is 5.92 Å². The van der Waals surface area contributed by atoms with Gasteiger partial charge in [-0.3, -0.25) is 14.4 Å². The predicted molar refractivity (Wildman–Crippen MR) is 126 cm³/mol. The number of amides is 3. The largest absolute Gasteiger partial charge is 0.325 e. The summed E-state index contributed by atoms with van der Waals surface area (Å²) in [7, 11) is 0. The van der Waals surface area contributed by atoms with Gasteiger partial charge >= 0.3 is 0 Å². The van der Waals surface area contributed by atoms with Crippen LogP contribution in [0.5, 0.6) is 0 Å². The highest BCUT2D eigenvalue weighted by atomic mass is 16.2. The van der Waals surface area contributed by atoms with E-state index in [9.17, 15) is 14.4 Å². The Hall–Kier alpha value is -3.93. The topological polar surface area (TPSA) is 78.5 Å². The summed E-state index contributed by atoms with van der Waals surface area (Å²) in [6.07, 6.45) is 0.170. The molecule has 1 saturated heterocycles. The highest BCUT2D eigenvalue weighted by Gasteiger charge is 2.35. The zero-order valence-corrected chi connectivity index (χ0v) is 18.1. The van der Waals surface area contributed by atoms with Crippen LogP contribution in [0.3, 0.4) is 0 Å². The molecule has 1 heterocycles. The summed E-state index contributed by atoms with van der Waals surface area (Å²) in [4.78, 5) is 39.6. The first kappa shape index (κ1) is 21.3. The maximum absolute atomic E-state index is 12.9. The van der Waals surface area contributed by atoms with Crippen molar-refractivity contribution in [2.75, 3.05) is 22.1 Å². The molecule has 0 spiro atoms. The number of hydrogen-bond acceptors (Lipinski definition) is 3. The van der Waals surface area contributed by atoms with Gasteiger partial charge in [0, 0.05) is 35.6 Å². The summed E-state index contributed by atoms with van der Waals surface area (Å²) in [5, 5.41) is 5.84. The summed E-state index contributed by atoms with van der Waals surface area (Å²) in [5.41, 5.74) is 4.47. The molecule has 0 aromatic heterocycles. The molecule has 1 aliphatic heterocycles. The van der Waals surface area contributed by atoms with Gasteiger partial charge in [-0.1, -0.05) is 42.0 Å². The summed E-state index contributed by atoms with van der Waals surface area (Å²) in [6.45, 7) is 4.18. The average Bonchev–Trinajstić information content (AvgIpc) is 3.19. The lowest BCUT2D eigenvalue weighted by Gasteiger charge is -2.18. The van der Waals surface area contributed by atoms with Crippen LogP contribution in [0.15, 0.2) is 72.8 Å². The number of benzene rings is 3. The van der Waals surface area contributed by atoms with Gasteiger partial charge in [0.2, 0.25) is 11.8 Å². The van der Waals surface area contributed by atoms with E-state index in [0.29, 0.717) is 23.5 Å². The SMILES string of the molecule is Cc1ccc(N2CC(C(=O)Nc3cccc(NC(=O)c4ccccc4)c3C)CC2=O)cc1. The van der Waals surface area contributed by atoms with Crippen molar-refractivity contribution >= 4 is 34.8 Å². The Labute approximate surface area is 187 Å². The number of carbonyl (C=O) groups is 3. The van der Waals surface area contributed by atoms with Gasteiger partial charge < -0.3 is 15.5 Å². The summed E-state index contributed by atoms with van der Waals surface area (Å²) >= 11 is 0. The number of nitrogens with zero attached hydrogens (tertiary/aromatic N) is 1. The lowest BCUT2D eigenvalue weighted by atomic mass is 10.1. The molecule has 4 rings (SSSR count). The maximum atomic E-state index is 12.9. The minimum atomic E-state index is -0.439. The molecule has 3 aromatic rings. The molecule has 2 N–H and O–H groups in total. The molecule has 32 heavy (non-hydrogen) atoms. The van der Waals surface area contributed by atoms with Gasteiger partial charge in [-0.05, 0) is 55.8 Å². The molecule has 162 valence electrons. The van der Waals surface area contributed by atoms with Crippen molar-refractivity contribution in [3.05, 3.63) is 89.5 Å². The Morgan fingerprint density at radius 2 is 1.50 bits per heavy atom. The Balaban J connectivity index is 1.44. The van der Waals surface area contributed by atoms with Crippen LogP contribution in [-0.4, -0.2) is 24.3 Å². The number of rotatable bonds is 5. The second-order valence-corrected chi connectivity index (χ2v) is 8.03. The van der Waals surface area contributed by atoms with Crippen LogP contribution in [-0.2, 0) is 9.59 Å². The third kappa shape index (κ3) is 4.54. The molecule has 3 aromatic carbocycles. The minimum Gasteiger partial charge on any atom is -0.325 e. The Kier molecular flexibility index (Phi) is 6.03. The Morgan fingerprint density at radius 3 is 2.19 bits per heavy atom. The third-order valence-corrected chi connectivity index (χ3v) is 5.72. The van der Waals surface area contributed by atoms with Gasteiger partial charge in [-0.15, -0.1) is 0 Å². The number of anilines is 3. The molecule has 6 nitrogen and oxygen atoms in total. The van der Waals surface area contributed by atoms with E-state index in [1.54, 1.807) is 47.4 Å². The van der Waals surface area contributed by atoms with E-state index in [0.717, 1.165) is 16.8 Å². The van der Waals surface area contributed by atoms with E-state index in [1.165, 1.54) is 0 Å². The van der Waals surface area contributed by atoms with Crippen molar-refractivity contribution in [1.29, 1.82) is 0 Å². The van der Waals surface area contributed by atoms with E-state index in [2.05, 4.69) is 10.6 Å². The molecule has 3 amide bonds. The quantitative estimate of drug-likeness (QED) is 0.627. The first-order valence-corrected chi connectivity index (χ1v) is 10.6. The molecule has 1 unspecified atom stereocenters. The summed E-state index contributed by atoms with van der Waals surface area (Å²) < 4.78 is 0. The standard InChI is InChI=1S/C26H25N3O3/c1-17-11-13-21(14-12-17)29-16-20(15-24(29)30)26(32)28-23-10-6-9-22(18(23)2)27-25(31)19-7-4-3-5-8-19/h3-14,20H,15-16H2,1-2H3,(H,27,31)(H,28,32).